The smallest absolute Gasteiger partial charge is 0.303 e. The number of benzene rings is 2. The Morgan fingerprint density at radius 3 is 2.54 bits per heavy atom. The average Bonchev–Trinajstić information content (AvgIpc) is 3.41. The molecule has 186 valence electrons. The summed E-state index contributed by atoms with van der Waals surface area (Å²) in [7, 11) is 0. The van der Waals surface area contributed by atoms with Gasteiger partial charge >= 0.3 is 5.97 Å². The van der Waals surface area contributed by atoms with Gasteiger partial charge in [0, 0.05) is 23.3 Å². The second-order valence-electron chi connectivity index (χ2n) is 9.83. The van der Waals surface area contributed by atoms with E-state index in [1.54, 1.807) is 0 Å². The number of rotatable bonds is 7. The van der Waals surface area contributed by atoms with Gasteiger partial charge in [0.15, 0.2) is 0 Å². The van der Waals surface area contributed by atoms with Gasteiger partial charge in [-0.05, 0) is 84.9 Å². The first-order valence-electron chi connectivity index (χ1n) is 13.0. The molecule has 37 heavy (non-hydrogen) atoms. The number of allylic oxidation sites excluding steroid dienone is 2. The second kappa shape index (κ2) is 10.1. The van der Waals surface area contributed by atoms with E-state index in [0.29, 0.717) is 12.1 Å². The van der Waals surface area contributed by atoms with Crippen LogP contribution in [0.2, 0.25) is 0 Å². The molecular weight excluding hydrogens is 458 g/mol. The Labute approximate surface area is 217 Å². The van der Waals surface area contributed by atoms with Crippen LogP contribution >= 0.6 is 0 Å². The minimum absolute atomic E-state index is 0.168. The lowest BCUT2D eigenvalue weighted by molar-refractivity contribution is -0.137. The number of aliphatic carboxylic acids is 1. The molecule has 3 aromatic rings. The fourth-order valence-corrected chi connectivity index (χ4v) is 5.70. The number of nitrogens with zero attached hydrogens (tertiary/aromatic N) is 2. The zero-order valence-corrected chi connectivity index (χ0v) is 21.6. The summed E-state index contributed by atoms with van der Waals surface area (Å²) in [5.74, 6) is -0.766. The van der Waals surface area contributed by atoms with Gasteiger partial charge in [-0.25, -0.2) is 4.99 Å². The largest absolute Gasteiger partial charge is 0.481 e. The Morgan fingerprint density at radius 1 is 1.11 bits per heavy atom. The first kappa shape index (κ1) is 24.5. The topological polar surface area (TPSA) is 89.2 Å². The van der Waals surface area contributed by atoms with E-state index >= 15 is 0 Å². The van der Waals surface area contributed by atoms with Crippen LogP contribution in [0, 0.1) is 18.3 Å². The number of nitriles is 1. The third kappa shape index (κ3) is 4.44. The molecular formula is C32H31N3O2. The van der Waals surface area contributed by atoms with Crippen molar-refractivity contribution in [1.29, 1.82) is 5.26 Å². The van der Waals surface area contributed by atoms with Crippen molar-refractivity contribution in [2.24, 2.45) is 4.99 Å². The fourth-order valence-electron chi connectivity index (χ4n) is 5.70. The third-order valence-corrected chi connectivity index (χ3v) is 7.67. The maximum atomic E-state index is 10.9. The molecule has 5 nitrogen and oxygen atoms in total. The van der Waals surface area contributed by atoms with Gasteiger partial charge < -0.3 is 10.1 Å². The van der Waals surface area contributed by atoms with Crippen LogP contribution in [-0.2, 0) is 24.1 Å². The van der Waals surface area contributed by atoms with Gasteiger partial charge in [0.2, 0.25) is 0 Å². The van der Waals surface area contributed by atoms with Crippen LogP contribution in [0.5, 0.6) is 0 Å². The summed E-state index contributed by atoms with van der Waals surface area (Å²) in [6.07, 6.45) is 4.27. The van der Waals surface area contributed by atoms with Crippen molar-refractivity contribution in [3.8, 4) is 17.3 Å². The first-order valence-corrected chi connectivity index (χ1v) is 13.0. The number of carboxylic acid groups (broad SMARTS) is 1. The molecule has 1 aliphatic heterocycles. The Bertz CT molecular complexity index is 1520. The monoisotopic (exact) mass is 489 g/mol. The Hall–Kier alpha value is -4.17. The predicted molar refractivity (Wildman–Crippen MR) is 147 cm³/mol. The molecule has 0 spiro atoms. The highest BCUT2D eigenvalue weighted by Crippen LogP contribution is 2.42. The molecule has 1 aromatic heterocycles. The summed E-state index contributed by atoms with van der Waals surface area (Å²) in [5.41, 5.74) is 14.0. The molecule has 2 N–H and O–H groups in total. The Kier molecular flexibility index (Phi) is 6.67. The van der Waals surface area contributed by atoms with Gasteiger partial charge in [0.1, 0.15) is 11.8 Å². The van der Waals surface area contributed by atoms with Crippen LogP contribution in [0.3, 0.4) is 0 Å². The third-order valence-electron chi connectivity index (χ3n) is 7.67. The quantitative estimate of drug-likeness (QED) is 0.376. The van der Waals surface area contributed by atoms with Crippen LogP contribution in [-0.4, -0.2) is 21.8 Å². The van der Waals surface area contributed by atoms with Crippen molar-refractivity contribution < 1.29 is 9.90 Å². The summed E-state index contributed by atoms with van der Waals surface area (Å²) < 4.78 is 0. The van der Waals surface area contributed by atoms with Gasteiger partial charge in [0.25, 0.3) is 0 Å². The molecule has 5 heteroatoms. The summed E-state index contributed by atoms with van der Waals surface area (Å²) in [6, 6.07) is 19.2. The number of aryl methyl sites for hydroxylation is 2. The molecule has 2 heterocycles. The molecule has 2 aliphatic rings. The summed E-state index contributed by atoms with van der Waals surface area (Å²) in [5, 5.41) is 18.8. The van der Waals surface area contributed by atoms with E-state index in [9.17, 15) is 10.1 Å². The highest BCUT2D eigenvalue weighted by atomic mass is 16.4. The van der Waals surface area contributed by atoms with E-state index in [1.807, 2.05) is 0 Å². The van der Waals surface area contributed by atoms with Crippen molar-refractivity contribution >= 4 is 17.3 Å². The number of hydrogen-bond acceptors (Lipinski definition) is 3. The SMILES string of the molecule is CCC1=C(C)/C(=C(\c2ccc(CCCC(=O)O)cc2)c2[nH]c3c(c2C)CCc2ccccc2-3)N=C1C#N. The zero-order valence-electron chi connectivity index (χ0n) is 21.6. The molecule has 0 bridgehead atoms. The molecule has 0 amide bonds. The van der Waals surface area contributed by atoms with Crippen molar-refractivity contribution in [3.63, 3.8) is 0 Å². The minimum Gasteiger partial charge on any atom is -0.481 e. The number of aromatic nitrogens is 1. The number of carbonyl (C=O) groups is 1. The maximum absolute atomic E-state index is 10.9. The predicted octanol–water partition coefficient (Wildman–Crippen LogP) is 6.96. The number of hydrogen-bond donors (Lipinski definition) is 2. The number of fused-ring (bicyclic) bond motifs is 3. The zero-order chi connectivity index (χ0) is 26.1. The van der Waals surface area contributed by atoms with Crippen LogP contribution < -0.4 is 0 Å². The van der Waals surface area contributed by atoms with E-state index < -0.39 is 5.97 Å². The van der Waals surface area contributed by atoms with Gasteiger partial charge in [-0.1, -0.05) is 55.5 Å². The van der Waals surface area contributed by atoms with E-state index in [4.69, 9.17) is 10.1 Å². The number of aromatic amines is 1. The lowest BCUT2D eigenvalue weighted by Crippen LogP contribution is -2.02. The molecule has 0 atom stereocenters. The first-order chi connectivity index (χ1) is 17.9. The molecule has 0 saturated heterocycles. The molecule has 2 aromatic carbocycles. The Balaban J connectivity index is 1.67. The van der Waals surface area contributed by atoms with E-state index in [2.05, 4.69) is 80.4 Å². The summed E-state index contributed by atoms with van der Waals surface area (Å²) in [6.45, 7) is 6.31. The number of nitrogens with one attached hydrogen (secondary N) is 1. The number of aliphatic imine (C=N–C) groups is 1. The molecule has 0 radical (unpaired) electrons. The van der Waals surface area contributed by atoms with Crippen LogP contribution in [0.4, 0.5) is 0 Å². The van der Waals surface area contributed by atoms with Gasteiger partial charge in [-0.3, -0.25) is 4.79 Å². The van der Waals surface area contributed by atoms with Crippen molar-refractivity contribution in [2.75, 3.05) is 0 Å². The molecule has 5 rings (SSSR count). The summed E-state index contributed by atoms with van der Waals surface area (Å²) >= 11 is 0. The lowest BCUT2D eigenvalue weighted by Gasteiger charge is -2.16. The maximum Gasteiger partial charge on any atom is 0.303 e. The van der Waals surface area contributed by atoms with Crippen molar-refractivity contribution in [1.82, 2.24) is 4.98 Å². The fraction of sp³-hybridized carbons (Fsp3) is 0.281. The Morgan fingerprint density at radius 2 is 1.86 bits per heavy atom. The highest BCUT2D eigenvalue weighted by Gasteiger charge is 2.28. The van der Waals surface area contributed by atoms with Crippen LogP contribution in [0.1, 0.15) is 66.6 Å². The number of H-pyrrole nitrogens is 1. The highest BCUT2D eigenvalue weighted by molar-refractivity contribution is 6.16. The van der Waals surface area contributed by atoms with Gasteiger partial charge in [-0.15, -0.1) is 0 Å². The average molecular weight is 490 g/mol. The summed E-state index contributed by atoms with van der Waals surface area (Å²) in [4.78, 5) is 19.5. The van der Waals surface area contributed by atoms with Crippen molar-refractivity contribution in [2.45, 2.75) is 59.3 Å². The van der Waals surface area contributed by atoms with E-state index in [1.165, 1.54) is 27.9 Å². The second-order valence-corrected chi connectivity index (χ2v) is 9.83. The lowest BCUT2D eigenvalue weighted by atomic mass is 9.87. The molecule has 0 saturated carbocycles. The minimum atomic E-state index is -0.766. The number of carboxylic acids is 1. The molecule has 0 fully saturated rings. The standard InChI is InChI=1S/C32H31N3O2/c1-4-24-19(2)30(34-27(24)18-33)29(23-14-12-21(13-15-23)8-7-11-28(36)37)31-20(3)25-17-16-22-9-5-6-10-26(22)32(25)35-31/h5-6,9-10,12-15,35H,4,7-8,11,16-17H2,1-3H3,(H,36,37)/b30-29-. The normalized spacial score (nSPS) is 15.7. The van der Waals surface area contributed by atoms with Gasteiger partial charge in [-0.2, -0.15) is 5.26 Å². The van der Waals surface area contributed by atoms with Crippen LogP contribution in [0.25, 0.3) is 16.8 Å². The molecule has 0 unspecified atom stereocenters. The van der Waals surface area contributed by atoms with Crippen LogP contribution in [0.15, 0.2) is 70.4 Å². The van der Waals surface area contributed by atoms with E-state index in [0.717, 1.165) is 64.9 Å². The van der Waals surface area contributed by atoms with Crippen molar-refractivity contribution in [3.05, 3.63) is 98.9 Å². The van der Waals surface area contributed by atoms with Gasteiger partial charge in [0.05, 0.1) is 11.4 Å². The molecule has 1 aliphatic carbocycles. The van der Waals surface area contributed by atoms with E-state index in [-0.39, 0.29) is 6.42 Å².